The predicted octanol–water partition coefficient (Wildman–Crippen LogP) is 4.32. The van der Waals surface area contributed by atoms with Crippen LogP contribution >= 0.6 is 11.6 Å². The highest BCUT2D eigenvalue weighted by atomic mass is 35.5. The third-order valence-electron chi connectivity index (χ3n) is 2.63. The van der Waals surface area contributed by atoms with Crippen LogP contribution in [-0.4, -0.2) is 4.98 Å². The number of hydrogen-bond donors (Lipinski definition) is 0. The molecule has 0 aliphatic carbocycles. The minimum Gasteiger partial charge on any atom is -0.253 e. The monoisotopic (exact) mass is 219 g/mol. The van der Waals surface area contributed by atoms with Crippen LogP contribution < -0.4 is 0 Å². The summed E-state index contributed by atoms with van der Waals surface area (Å²) in [5, 5.41) is 1.90. The number of aromatic nitrogens is 1. The van der Waals surface area contributed by atoms with Crippen molar-refractivity contribution >= 4 is 22.5 Å². The molecule has 1 aromatic carbocycles. The van der Waals surface area contributed by atoms with Gasteiger partial charge in [0, 0.05) is 16.1 Å². The minimum absolute atomic E-state index is 0.512. The number of rotatable bonds is 1. The Hall–Kier alpha value is -1.08. The Labute approximate surface area is 95.1 Å². The van der Waals surface area contributed by atoms with Gasteiger partial charge < -0.3 is 0 Å². The molecule has 0 unspecified atom stereocenters. The molecule has 1 heterocycles. The van der Waals surface area contributed by atoms with Gasteiger partial charge in [0.1, 0.15) is 0 Å². The van der Waals surface area contributed by atoms with Gasteiger partial charge in [0.15, 0.2) is 0 Å². The van der Waals surface area contributed by atoms with Gasteiger partial charge in [0.25, 0.3) is 0 Å². The third-order valence-corrected chi connectivity index (χ3v) is 2.87. The maximum absolute atomic E-state index is 5.93. The van der Waals surface area contributed by atoms with Crippen LogP contribution in [0.5, 0.6) is 0 Å². The number of nitrogens with zero attached hydrogens (tertiary/aromatic N) is 1. The van der Waals surface area contributed by atoms with Gasteiger partial charge in [-0.05, 0) is 36.6 Å². The smallest absolute Gasteiger partial charge is 0.0720 e. The average molecular weight is 220 g/mol. The van der Waals surface area contributed by atoms with Crippen molar-refractivity contribution < 1.29 is 0 Å². The number of fused-ring (bicyclic) bond motifs is 1. The molecule has 0 N–H and O–H groups in total. The van der Waals surface area contributed by atoms with Crippen molar-refractivity contribution in [3.05, 3.63) is 40.5 Å². The predicted molar refractivity (Wildman–Crippen MR) is 65.6 cm³/mol. The van der Waals surface area contributed by atoms with E-state index in [9.17, 15) is 0 Å². The third kappa shape index (κ3) is 1.98. The molecule has 78 valence electrons. The summed E-state index contributed by atoms with van der Waals surface area (Å²) in [6.45, 7) is 6.42. The molecule has 2 aromatic rings. The first kappa shape index (κ1) is 10.4. The van der Waals surface area contributed by atoms with Crippen LogP contribution in [0.15, 0.2) is 24.3 Å². The normalized spacial score (nSPS) is 11.3. The van der Waals surface area contributed by atoms with Crippen LogP contribution in [0.1, 0.15) is 31.0 Å². The molecule has 0 fully saturated rings. The summed E-state index contributed by atoms with van der Waals surface area (Å²) in [4.78, 5) is 4.57. The second kappa shape index (κ2) is 3.82. The molecule has 0 atom stereocenters. The Morgan fingerprint density at radius 3 is 2.60 bits per heavy atom. The lowest BCUT2D eigenvalue weighted by molar-refractivity contribution is 0.848. The number of pyridine rings is 1. The summed E-state index contributed by atoms with van der Waals surface area (Å²) in [6.07, 6.45) is 0. The fourth-order valence-corrected chi connectivity index (χ4v) is 2.00. The van der Waals surface area contributed by atoms with Crippen LogP contribution in [0.2, 0.25) is 5.02 Å². The van der Waals surface area contributed by atoms with Crippen molar-refractivity contribution in [1.29, 1.82) is 0 Å². The molecule has 2 heteroatoms. The van der Waals surface area contributed by atoms with E-state index in [2.05, 4.69) is 31.8 Å². The Balaban J connectivity index is 2.71. The first-order valence-corrected chi connectivity index (χ1v) is 5.52. The van der Waals surface area contributed by atoms with Crippen LogP contribution in [0.4, 0.5) is 0 Å². The van der Waals surface area contributed by atoms with Gasteiger partial charge >= 0.3 is 0 Å². The molecule has 0 bridgehead atoms. The summed E-state index contributed by atoms with van der Waals surface area (Å²) >= 11 is 5.93. The van der Waals surface area contributed by atoms with Gasteiger partial charge in [-0.2, -0.15) is 0 Å². The maximum Gasteiger partial charge on any atom is 0.0720 e. The second-order valence-corrected chi connectivity index (χ2v) is 4.59. The van der Waals surface area contributed by atoms with Crippen molar-refractivity contribution in [3.63, 3.8) is 0 Å². The van der Waals surface area contributed by atoms with Gasteiger partial charge in [-0.25, -0.2) is 0 Å². The largest absolute Gasteiger partial charge is 0.253 e. The van der Waals surface area contributed by atoms with Crippen LogP contribution in [0.25, 0.3) is 10.9 Å². The molecule has 0 aliphatic rings. The highest BCUT2D eigenvalue weighted by Crippen LogP contribution is 2.24. The Bertz CT molecular complexity index is 503. The first-order chi connectivity index (χ1) is 7.08. The molecule has 0 amide bonds. The fraction of sp³-hybridized carbons (Fsp3) is 0.308. The minimum atomic E-state index is 0.512. The first-order valence-electron chi connectivity index (χ1n) is 5.14. The quantitative estimate of drug-likeness (QED) is 0.696. The zero-order chi connectivity index (χ0) is 11.0. The molecule has 0 radical (unpaired) electrons. The van der Waals surface area contributed by atoms with E-state index in [0.29, 0.717) is 5.92 Å². The molecule has 0 saturated carbocycles. The summed E-state index contributed by atoms with van der Waals surface area (Å²) in [5.41, 5.74) is 3.38. The molecule has 0 spiro atoms. The lowest BCUT2D eigenvalue weighted by Gasteiger charge is -2.10. The van der Waals surface area contributed by atoms with Gasteiger partial charge in [0.2, 0.25) is 0 Å². The second-order valence-electron chi connectivity index (χ2n) is 4.15. The molecule has 15 heavy (non-hydrogen) atoms. The van der Waals surface area contributed by atoms with Crippen molar-refractivity contribution in [1.82, 2.24) is 4.98 Å². The van der Waals surface area contributed by atoms with Crippen LogP contribution in [0.3, 0.4) is 0 Å². The molecule has 1 nitrogen and oxygen atoms in total. The highest BCUT2D eigenvalue weighted by Gasteiger charge is 2.06. The molecule has 0 aliphatic heterocycles. The van der Waals surface area contributed by atoms with Gasteiger partial charge in [-0.1, -0.05) is 31.5 Å². The number of hydrogen-bond acceptors (Lipinski definition) is 1. The zero-order valence-corrected chi connectivity index (χ0v) is 9.97. The van der Waals surface area contributed by atoms with Crippen LogP contribution in [0, 0.1) is 6.92 Å². The van der Waals surface area contributed by atoms with E-state index in [-0.39, 0.29) is 0 Å². The molecule has 1 aromatic heterocycles. The molecular formula is C13H14ClN. The molecular weight excluding hydrogens is 206 g/mol. The van der Waals surface area contributed by atoms with Crippen LogP contribution in [-0.2, 0) is 0 Å². The number of aryl methyl sites for hydroxylation is 1. The Kier molecular flexibility index (Phi) is 2.66. The fourth-order valence-electron chi connectivity index (χ4n) is 1.84. The number of halogens is 1. The topological polar surface area (TPSA) is 12.9 Å². The number of benzene rings is 1. The highest BCUT2D eigenvalue weighted by molar-refractivity contribution is 6.31. The van der Waals surface area contributed by atoms with Gasteiger partial charge in [0.05, 0.1) is 5.52 Å². The van der Waals surface area contributed by atoms with E-state index in [1.54, 1.807) is 0 Å². The lowest BCUT2D eigenvalue weighted by atomic mass is 10.00. The van der Waals surface area contributed by atoms with E-state index < -0.39 is 0 Å². The van der Waals surface area contributed by atoms with E-state index in [1.165, 1.54) is 5.56 Å². The standard InChI is InChI=1S/C13H14ClN/c1-8(2)12-6-10-4-5-11(14)7-13(10)15-9(12)3/h4-8H,1-3H3. The van der Waals surface area contributed by atoms with Crippen molar-refractivity contribution in [2.75, 3.05) is 0 Å². The zero-order valence-electron chi connectivity index (χ0n) is 9.21. The van der Waals surface area contributed by atoms with E-state index in [1.807, 2.05) is 18.2 Å². The SMILES string of the molecule is Cc1nc2cc(Cl)ccc2cc1C(C)C. The van der Waals surface area contributed by atoms with E-state index in [0.717, 1.165) is 21.6 Å². The molecule has 2 rings (SSSR count). The summed E-state index contributed by atoms with van der Waals surface area (Å²) in [6, 6.07) is 8.05. The Morgan fingerprint density at radius 1 is 1.20 bits per heavy atom. The van der Waals surface area contributed by atoms with Crippen molar-refractivity contribution in [2.45, 2.75) is 26.7 Å². The maximum atomic E-state index is 5.93. The Morgan fingerprint density at radius 2 is 1.93 bits per heavy atom. The van der Waals surface area contributed by atoms with E-state index in [4.69, 9.17) is 11.6 Å². The van der Waals surface area contributed by atoms with Gasteiger partial charge in [-0.3, -0.25) is 4.98 Å². The summed E-state index contributed by atoms with van der Waals surface area (Å²) in [5.74, 6) is 0.512. The van der Waals surface area contributed by atoms with E-state index >= 15 is 0 Å². The van der Waals surface area contributed by atoms with Gasteiger partial charge in [-0.15, -0.1) is 0 Å². The van der Waals surface area contributed by atoms with Crippen molar-refractivity contribution in [3.8, 4) is 0 Å². The summed E-state index contributed by atoms with van der Waals surface area (Å²) < 4.78 is 0. The van der Waals surface area contributed by atoms with Crippen molar-refractivity contribution in [2.24, 2.45) is 0 Å². The summed E-state index contributed by atoms with van der Waals surface area (Å²) in [7, 11) is 0. The average Bonchev–Trinajstić information content (AvgIpc) is 2.15. The lowest BCUT2D eigenvalue weighted by Crippen LogP contribution is -1.95. The molecule has 0 saturated heterocycles.